The van der Waals surface area contributed by atoms with E-state index >= 15 is 0 Å². The Labute approximate surface area is 106 Å². The Morgan fingerprint density at radius 2 is 1.67 bits per heavy atom. The molecule has 0 fully saturated rings. The van der Waals surface area contributed by atoms with Gasteiger partial charge in [-0.1, -0.05) is 27.7 Å². The van der Waals surface area contributed by atoms with Crippen LogP contribution < -0.4 is 5.73 Å². The summed E-state index contributed by atoms with van der Waals surface area (Å²) in [6, 6.07) is 3.80. The highest BCUT2D eigenvalue weighted by Gasteiger charge is 2.03. The van der Waals surface area contributed by atoms with Gasteiger partial charge in [0.1, 0.15) is 12.1 Å². The summed E-state index contributed by atoms with van der Waals surface area (Å²) < 4.78 is 0. The first kappa shape index (κ1) is 13.9. The van der Waals surface area contributed by atoms with Gasteiger partial charge in [-0.05, 0) is 12.1 Å². The molecule has 96 valence electrons. The molecule has 0 unspecified atom stereocenters. The Balaban J connectivity index is 0.000000371. The second-order valence-corrected chi connectivity index (χ2v) is 3.05. The van der Waals surface area contributed by atoms with E-state index in [0.717, 1.165) is 21.9 Å². The minimum Gasteiger partial charge on any atom is -0.383 e. The molecule has 0 aliphatic rings. The number of rotatable bonds is 0. The monoisotopic (exact) mass is 245 g/mol. The molecule has 0 spiro atoms. The summed E-state index contributed by atoms with van der Waals surface area (Å²) in [4.78, 5) is 15.2. The molecule has 3 rings (SSSR count). The van der Waals surface area contributed by atoms with Crippen molar-refractivity contribution >= 4 is 27.8 Å². The summed E-state index contributed by atoms with van der Waals surface area (Å²) in [5.41, 5.74) is 8.38. The maximum atomic E-state index is 5.73. The summed E-state index contributed by atoms with van der Waals surface area (Å²) in [6.45, 7) is 8.00. The third kappa shape index (κ3) is 2.56. The van der Waals surface area contributed by atoms with E-state index in [4.69, 9.17) is 5.73 Å². The van der Waals surface area contributed by atoms with E-state index in [2.05, 4.69) is 19.9 Å². The lowest BCUT2D eigenvalue weighted by Crippen LogP contribution is -1.92. The average molecular weight is 245 g/mol. The predicted octanol–water partition coefficient (Wildman–Crippen LogP) is 3.14. The molecule has 1 aromatic carbocycles. The van der Waals surface area contributed by atoms with Crippen molar-refractivity contribution in [2.24, 2.45) is 0 Å². The molecular weight excluding hydrogens is 226 g/mol. The number of aromatic nitrogens is 4. The number of hydrogen-bond donors (Lipinski definition) is 2. The van der Waals surface area contributed by atoms with Crippen LogP contribution in [0.15, 0.2) is 24.8 Å². The van der Waals surface area contributed by atoms with Gasteiger partial charge in [-0.3, -0.25) is 0 Å². The summed E-state index contributed by atoms with van der Waals surface area (Å²) >= 11 is 0. The van der Waals surface area contributed by atoms with Gasteiger partial charge in [0.25, 0.3) is 0 Å². The van der Waals surface area contributed by atoms with Crippen LogP contribution >= 0.6 is 0 Å². The molecule has 0 bridgehead atoms. The number of nitrogens with two attached hydrogens (primary N) is 1. The van der Waals surface area contributed by atoms with Crippen LogP contribution in [0.2, 0.25) is 0 Å². The fourth-order valence-corrected chi connectivity index (χ4v) is 1.51. The number of nitrogens with one attached hydrogen (secondary N) is 1. The second kappa shape index (κ2) is 6.54. The van der Waals surface area contributed by atoms with Gasteiger partial charge >= 0.3 is 0 Å². The lowest BCUT2D eigenvalue weighted by atomic mass is 10.2. The van der Waals surface area contributed by atoms with Crippen molar-refractivity contribution < 1.29 is 0 Å². The highest BCUT2D eigenvalue weighted by Crippen LogP contribution is 2.21. The number of hydrogen-bond acceptors (Lipinski definition) is 4. The summed E-state index contributed by atoms with van der Waals surface area (Å²) in [5.74, 6) is 0.492. The quantitative estimate of drug-likeness (QED) is 0.637. The molecule has 0 saturated heterocycles. The van der Waals surface area contributed by atoms with Crippen molar-refractivity contribution in [1.29, 1.82) is 0 Å². The van der Waals surface area contributed by atoms with Crippen LogP contribution in [0, 0.1) is 0 Å². The SMILES string of the molecule is CC.CC.Nc1ncnc2cc3nc[nH]c3cc12. The highest BCUT2D eigenvalue weighted by atomic mass is 14.9. The highest BCUT2D eigenvalue weighted by molar-refractivity contribution is 5.97. The van der Waals surface area contributed by atoms with Gasteiger partial charge in [-0.25, -0.2) is 15.0 Å². The maximum Gasteiger partial charge on any atom is 0.134 e. The van der Waals surface area contributed by atoms with Crippen LogP contribution in [0.5, 0.6) is 0 Å². The number of aromatic amines is 1. The Kier molecular flexibility index (Phi) is 5.05. The Hall–Kier alpha value is -2.17. The number of anilines is 1. The van der Waals surface area contributed by atoms with E-state index in [0.29, 0.717) is 5.82 Å². The van der Waals surface area contributed by atoms with Crippen LogP contribution in [0.4, 0.5) is 5.82 Å². The third-order valence-electron chi connectivity index (χ3n) is 2.21. The van der Waals surface area contributed by atoms with E-state index in [1.165, 1.54) is 6.33 Å². The van der Waals surface area contributed by atoms with Crippen LogP contribution in [0.25, 0.3) is 21.9 Å². The predicted molar refractivity (Wildman–Crippen MR) is 76.3 cm³/mol. The molecule has 0 amide bonds. The summed E-state index contributed by atoms with van der Waals surface area (Å²) in [6.07, 6.45) is 3.10. The molecule has 0 aliphatic carbocycles. The van der Waals surface area contributed by atoms with Crippen LogP contribution in [-0.2, 0) is 0 Å². The van der Waals surface area contributed by atoms with E-state index in [1.807, 2.05) is 39.8 Å². The molecule has 3 N–H and O–H groups in total. The third-order valence-corrected chi connectivity index (χ3v) is 2.21. The average Bonchev–Trinajstić information content (AvgIpc) is 2.89. The van der Waals surface area contributed by atoms with E-state index in [1.54, 1.807) is 6.33 Å². The molecule has 2 aromatic heterocycles. The smallest absolute Gasteiger partial charge is 0.134 e. The molecule has 5 nitrogen and oxygen atoms in total. The lowest BCUT2D eigenvalue weighted by molar-refractivity contribution is 1.23. The van der Waals surface area contributed by atoms with E-state index in [9.17, 15) is 0 Å². The number of H-pyrrole nitrogens is 1. The zero-order valence-electron chi connectivity index (χ0n) is 11.2. The van der Waals surface area contributed by atoms with Gasteiger partial charge in [-0.15, -0.1) is 0 Å². The number of benzene rings is 1. The minimum absolute atomic E-state index is 0.492. The van der Waals surface area contributed by atoms with Crippen molar-refractivity contribution in [2.75, 3.05) is 5.73 Å². The van der Waals surface area contributed by atoms with Crippen molar-refractivity contribution in [2.45, 2.75) is 27.7 Å². The lowest BCUT2D eigenvalue weighted by Gasteiger charge is -1.98. The number of fused-ring (bicyclic) bond motifs is 2. The zero-order chi connectivity index (χ0) is 13.5. The Morgan fingerprint density at radius 1 is 0.944 bits per heavy atom. The van der Waals surface area contributed by atoms with Crippen LogP contribution in [0.1, 0.15) is 27.7 Å². The number of nitrogens with zero attached hydrogens (tertiary/aromatic N) is 3. The number of nitrogen functional groups attached to an aromatic ring is 1. The Morgan fingerprint density at radius 3 is 2.39 bits per heavy atom. The number of imidazole rings is 1. The molecule has 3 aromatic rings. The largest absolute Gasteiger partial charge is 0.383 e. The maximum absolute atomic E-state index is 5.73. The van der Waals surface area contributed by atoms with Gasteiger partial charge in [0, 0.05) is 5.39 Å². The molecule has 0 atom stereocenters. The molecule has 2 heterocycles. The molecule has 0 aliphatic heterocycles. The van der Waals surface area contributed by atoms with Crippen molar-refractivity contribution in [3.8, 4) is 0 Å². The van der Waals surface area contributed by atoms with Crippen LogP contribution in [0.3, 0.4) is 0 Å². The molecule has 5 heteroatoms. The second-order valence-electron chi connectivity index (χ2n) is 3.05. The van der Waals surface area contributed by atoms with E-state index < -0.39 is 0 Å². The van der Waals surface area contributed by atoms with Crippen molar-refractivity contribution in [1.82, 2.24) is 19.9 Å². The molecule has 18 heavy (non-hydrogen) atoms. The first-order chi connectivity index (χ1) is 8.84. The topological polar surface area (TPSA) is 80.5 Å². The van der Waals surface area contributed by atoms with Gasteiger partial charge in [-0.2, -0.15) is 0 Å². The standard InChI is InChI=1S/C9H7N5.2C2H6/c10-9-5-1-7-8(13-3-12-7)2-6(5)11-4-14-9;2*1-2/h1-4H,(H,12,13)(H2,10,11,14);2*1-2H3. The van der Waals surface area contributed by atoms with Crippen molar-refractivity contribution in [3.63, 3.8) is 0 Å². The van der Waals surface area contributed by atoms with Crippen molar-refractivity contribution in [3.05, 3.63) is 24.8 Å². The minimum atomic E-state index is 0.492. The van der Waals surface area contributed by atoms with Gasteiger partial charge in [0.2, 0.25) is 0 Å². The van der Waals surface area contributed by atoms with Gasteiger partial charge in [0.15, 0.2) is 0 Å². The molecule has 0 radical (unpaired) electrons. The van der Waals surface area contributed by atoms with Gasteiger partial charge in [0.05, 0.1) is 22.9 Å². The summed E-state index contributed by atoms with van der Waals surface area (Å²) in [5, 5.41) is 0.851. The molecule has 0 saturated carbocycles. The normalized spacial score (nSPS) is 9.33. The Bertz CT molecular complexity index is 615. The molecular formula is C13H19N5. The first-order valence-electron chi connectivity index (χ1n) is 6.18. The fraction of sp³-hybridized carbons (Fsp3) is 0.308. The first-order valence-corrected chi connectivity index (χ1v) is 6.18. The van der Waals surface area contributed by atoms with Crippen LogP contribution in [-0.4, -0.2) is 19.9 Å². The fourth-order valence-electron chi connectivity index (χ4n) is 1.51. The van der Waals surface area contributed by atoms with E-state index in [-0.39, 0.29) is 0 Å². The summed E-state index contributed by atoms with van der Waals surface area (Å²) in [7, 11) is 0. The van der Waals surface area contributed by atoms with Gasteiger partial charge < -0.3 is 10.7 Å². The zero-order valence-corrected chi connectivity index (χ0v) is 11.2.